The van der Waals surface area contributed by atoms with E-state index in [9.17, 15) is 8.78 Å². The topological polar surface area (TPSA) is 0 Å². The average Bonchev–Trinajstić information content (AvgIpc) is 1.97. The molecule has 0 aliphatic rings. The van der Waals surface area contributed by atoms with E-state index in [2.05, 4.69) is 6.92 Å². The Kier molecular flexibility index (Phi) is 7.22. The summed E-state index contributed by atoms with van der Waals surface area (Å²) in [4.78, 5) is 0. The predicted octanol–water partition coefficient (Wildman–Crippen LogP) is 4.50. The molecular weight excluding hydrogens is 261 g/mol. The first-order valence-electron chi connectivity index (χ1n) is 3.88. The van der Waals surface area contributed by atoms with Crippen molar-refractivity contribution in [2.75, 3.05) is 0 Å². The summed E-state index contributed by atoms with van der Waals surface area (Å²) in [6.45, 7) is 2.11. The van der Waals surface area contributed by atoms with Crippen LogP contribution in [0.1, 0.15) is 39.0 Å². The van der Waals surface area contributed by atoms with Crippen LogP contribution in [0, 0.1) is 0 Å². The minimum atomic E-state index is -1.51. The van der Waals surface area contributed by atoms with Gasteiger partial charge in [0.05, 0.1) is 3.58 Å². The molecule has 0 aromatic rings. The lowest BCUT2D eigenvalue weighted by Crippen LogP contribution is -1.78. The molecule has 0 aromatic heterocycles. The quantitative estimate of drug-likeness (QED) is 0.511. The van der Waals surface area contributed by atoms with E-state index >= 15 is 0 Å². The van der Waals surface area contributed by atoms with Crippen molar-refractivity contribution in [1.29, 1.82) is 0 Å². The normalized spacial score (nSPS) is 9.82. The van der Waals surface area contributed by atoms with Gasteiger partial charge in [0.25, 0.3) is 6.08 Å². The molecule has 0 radical (unpaired) electrons. The molecular formula is C8H13F2I. The molecule has 0 bridgehead atoms. The molecule has 0 saturated heterocycles. The molecule has 0 aliphatic heterocycles. The second-order valence-corrected chi connectivity index (χ2v) is 3.78. The molecule has 0 fully saturated rings. The second kappa shape index (κ2) is 7.00. The van der Waals surface area contributed by atoms with Crippen LogP contribution >= 0.6 is 22.6 Å². The lowest BCUT2D eigenvalue weighted by atomic mass is 10.1. The Morgan fingerprint density at radius 3 is 2.27 bits per heavy atom. The Morgan fingerprint density at radius 1 is 1.18 bits per heavy atom. The lowest BCUT2D eigenvalue weighted by Gasteiger charge is -1.97. The molecule has 0 saturated carbocycles. The lowest BCUT2D eigenvalue weighted by molar-refractivity contribution is 0.415. The van der Waals surface area contributed by atoms with Gasteiger partial charge >= 0.3 is 0 Å². The van der Waals surface area contributed by atoms with Crippen molar-refractivity contribution in [1.82, 2.24) is 0 Å². The van der Waals surface area contributed by atoms with Crippen LogP contribution in [0.15, 0.2) is 9.66 Å². The van der Waals surface area contributed by atoms with Crippen LogP contribution in [0.25, 0.3) is 0 Å². The molecule has 0 N–H and O–H groups in total. The first kappa shape index (κ1) is 11.3. The number of allylic oxidation sites excluding steroid dienone is 1. The van der Waals surface area contributed by atoms with Gasteiger partial charge in [-0.3, -0.25) is 0 Å². The van der Waals surface area contributed by atoms with Crippen LogP contribution in [0.3, 0.4) is 0 Å². The standard InChI is InChI=1S/C8H13F2I/c1-2-3-4-5-6-7(11)8(9)10/h2-6H2,1H3. The van der Waals surface area contributed by atoms with Gasteiger partial charge in [-0.2, -0.15) is 8.78 Å². The fourth-order valence-corrected chi connectivity index (χ4v) is 1.18. The number of hydrogen-bond acceptors (Lipinski definition) is 0. The Labute approximate surface area is 80.2 Å². The molecule has 0 spiro atoms. The Bertz CT molecular complexity index is 128. The zero-order valence-electron chi connectivity index (χ0n) is 6.67. The summed E-state index contributed by atoms with van der Waals surface area (Å²) in [5.74, 6) is 0. The molecule has 0 unspecified atom stereocenters. The first-order chi connectivity index (χ1) is 5.18. The van der Waals surface area contributed by atoms with Gasteiger partial charge in [-0.1, -0.05) is 26.2 Å². The predicted molar refractivity (Wildman–Crippen MR) is 52.0 cm³/mol. The smallest absolute Gasteiger partial charge is 0.173 e. The van der Waals surface area contributed by atoms with E-state index in [0.717, 1.165) is 25.7 Å². The van der Waals surface area contributed by atoms with Crippen LogP contribution in [-0.2, 0) is 0 Å². The molecule has 0 rings (SSSR count). The minimum Gasteiger partial charge on any atom is -0.173 e. The molecule has 3 heteroatoms. The molecule has 0 heterocycles. The highest BCUT2D eigenvalue weighted by Gasteiger charge is 2.00. The van der Waals surface area contributed by atoms with E-state index in [1.54, 1.807) is 22.6 Å². The molecule has 0 nitrogen and oxygen atoms in total. The van der Waals surface area contributed by atoms with Gasteiger partial charge < -0.3 is 0 Å². The SMILES string of the molecule is CCCCCCC(I)=C(F)F. The van der Waals surface area contributed by atoms with Gasteiger partial charge in [0.15, 0.2) is 0 Å². The van der Waals surface area contributed by atoms with E-state index < -0.39 is 6.08 Å². The molecule has 0 amide bonds. The third-order valence-electron chi connectivity index (χ3n) is 1.45. The Hall–Kier alpha value is 0.330. The van der Waals surface area contributed by atoms with Gasteiger partial charge in [0.2, 0.25) is 0 Å². The van der Waals surface area contributed by atoms with Gasteiger partial charge in [-0.25, -0.2) is 0 Å². The van der Waals surface area contributed by atoms with E-state index in [1.165, 1.54) is 0 Å². The average molecular weight is 274 g/mol. The summed E-state index contributed by atoms with van der Waals surface area (Å²) >= 11 is 1.71. The fourth-order valence-electron chi connectivity index (χ4n) is 0.801. The zero-order chi connectivity index (χ0) is 8.69. The highest BCUT2D eigenvalue weighted by atomic mass is 127. The van der Waals surface area contributed by atoms with Crippen LogP contribution < -0.4 is 0 Å². The summed E-state index contributed by atoms with van der Waals surface area (Å²) in [6, 6.07) is 0. The maximum atomic E-state index is 11.8. The monoisotopic (exact) mass is 274 g/mol. The summed E-state index contributed by atoms with van der Waals surface area (Å²) in [7, 11) is 0. The largest absolute Gasteiger partial charge is 0.279 e. The summed E-state index contributed by atoms with van der Waals surface area (Å²) in [5, 5.41) is 0. The van der Waals surface area contributed by atoms with Crippen molar-refractivity contribution in [2.45, 2.75) is 39.0 Å². The summed E-state index contributed by atoms with van der Waals surface area (Å²) in [6.07, 6.45) is 3.29. The second-order valence-electron chi connectivity index (χ2n) is 2.48. The van der Waals surface area contributed by atoms with E-state index in [4.69, 9.17) is 0 Å². The summed E-state index contributed by atoms with van der Waals surface area (Å²) < 4.78 is 23.8. The van der Waals surface area contributed by atoms with Gasteiger partial charge in [0.1, 0.15) is 0 Å². The molecule has 66 valence electrons. The first-order valence-corrected chi connectivity index (χ1v) is 4.96. The highest BCUT2D eigenvalue weighted by molar-refractivity contribution is 14.1. The number of halogens is 3. The van der Waals surface area contributed by atoms with Crippen molar-refractivity contribution in [3.8, 4) is 0 Å². The van der Waals surface area contributed by atoms with E-state index in [1.807, 2.05) is 0 Å². The molecule has 0 atom stereocenters. The maximum absolute atomic E-state index is 11.8. The van der Waals surface area contributed by atoms with E-state index in [0.29, 0.717) is 6.42 Å². The Balaban J connectivity index is 3.32. The third-order valence-corrected chi connectivity index (χ3v) is 2.40. The highest BCUT2D eigenvalue weighted by Crippen LogP contribution is 2.21. The molecule has 0 aromatic carbocycles. The Morgan fingerprint density at radius 2 is 1.82 bits per heavy atom. The molecule has 11 heavy (non-hydrogen) atoms. The van der Waals surface area contributed by atoms with Gasteiger partial charge in [0, 0.05) is 0 Å². The van der Waals surface area contributed by atoms with Crippen LogP contribution in [0.5, 0.6) is 0 Å². The van der Waals surface area contributed by atoms with Crippen molar-refractivity contribution >= 4 is 22.6 Å². The van der Waals surface area contributed by atoms with Crippen LogP contribution in [-0.4, -0.2) is 0 Å². The minimum absolute atomic E-state index is 0.221. The van der Waals surface area contributed by atoms with Crippen molar-refractivity contribution in [3.63, 3.8) is 0 Å². The van der Waals surface area contributed by atoms with Gasteiger partial charge in [-0.15, -0.1) is 0 Å². The summed E-state index contributed by atoms with van der Waals surface area (Å²) in [5.41, 5.74) is 0. The fraction of sp³-hybridized carbons (Fsp3) is 0.750. The molecule has 0 aliphatic carbocycles. The van der Waals surface area contributed by atoms with E-state index in [-0.39, 0.29) is 3.58 Å². The maximum Gasteiger partial charge on any atom is 0.279 e. The van der Waals surface area contributed by atoms with Crippen molar-refractivity contribution < 1.29 is 8.78 Å². The van der Waals surface area contributed by atoms with Crippen molar-refractivity contribution in [3.05, 3.63) is 9.66 Å². The van der Waals surface area contributed by atoms with Crippen LogP contribution in [0.2, 0.25) is 0 Å². The number of rotatable bonds is 5. The van der Waals surface area contributed by atoms with Crippen molar-refractivity contribution in [2.24, 2.45) is 0 Å². The zero-order valence-corrected chi connectivity index (χ0v) is 8.83. The van der Waals surface area contributed by atoms with Crippen LogP contribution in [0.4, 0.5) is 8.78 Å². The number of hydrogen-bond donors (Lipinski definition) is 0. The van der Waals surface area contributed by atoms with Gasteiger partial charge in [-0.05, 0) is 35.4 Å². The number of unbranched alkanes of at least 4 members (excludes halogenated alkanes) is 3. The third kappa shape index (κ3) is 6.72.